The number of ether oxygens (including phenoxy) is 1. The number of rotatable bonds is 6. The second kappa shape index (κ2) is 5.61. The van der Waals surface area contributed by atoms with E-state index in [1.807, 2.05) is 6.92 Å². The molecule has 1 aliphatic carbocycles. The third kappa shape index (κ3) is 4.10. The Morgan fingerprint density at radius 3 is 2.62 bits per heavy atom. The minimum absolute atomic E-state index is 0.576. The van der Waals surface area contributed by atoms with Gasteiger partial charge in [-0.1, -0.05) is 19.8 Å². The van der Waals surface area contributed by atoms with Crippen molar-refractivity contribution in [2.24, 2.45) is 5.41 Å². The van der Waals surface area contributed by atoms with E-state index in [0.717, 1.165) is 19.8 Å². The summed E-state index contributed by atoms with van der Waals surface area (Å²) >= 11 is 0. The topological polar surface area (TPSA) is 21.3 Å². The molecular weight excluding hydrogens is 162 g/mol. The van der Waals surface area contributed by atoms with E-state index < -0.39 is 0 Å². The van der Waals surface area contributed by atoms with Gasteiger partial charge in [0.1, 0.15) is 0 Å². The van der Waals surface area contributed by atoms with E-state index in [1.165, 1.54) is 32.2 Å². The summed E-state index contributed by atoms with van der Waals surface area (Å²) in [7, 11) is 0. The fraction of sp³-hybridized carbons (Fsp3) is 1.00. The van der Waals surface area contributed by atoms with Gasteiger partial charge in [-0.3, -0.25) is 0 Å². The van der Waals surface area contributed by atoms with Crippen LogP contribution in [-0.2, 0) is 4.74 Å². The highest BCUT2D eigenvalue weighted by Gasteiger charge is 2.27. The maximum atomic E-state index is 5.27. The molecule has 0 bridgehead atoms. The van der Waals surface area contributed by atoms with Crippen LogP contribution in [0.3, 0.4) is 0 Å². The van der Waals surface area contributed by atoms with Crippen LogP contribution in [0.2, 0.25) is 0 Å². The van der Waals surface area contributed by atoms with Crippen molar-refractivity contribution in [2.45, 2.75) is 39.5 Å². The van der Waals surface area contributed by atoms with Gasteiger partial charge in [0.25, 0.3) is 0 Å². The van der Waals surface area contributed by atoms with Gasteiger partial charge in [-0.25, -0.2) is 0 Å². The third-order valence-electron chi connectivity index (χ3n) is 2.99. The van der Waals surface area contributed by atoms with Gasteiger partial charge in [0.2, 0.25) is 0 Å². The second-order valence-corrected chi connectivity index (χ2v) is 4.39. The predicted octanol–water partition coefficient (Wildman–Crippen LogP) is 2.19. The Morgan fingerprint density at radius 2 is 2.00 bits per heavy atom. The fourth-order valence-corrected chi connectivity index (χ4v) is 2.08. The lowest BCUT2D eigenvalue weighted by atomic mass is 9.89. The van der Waals surface area contributed by atoms with Gasteiger partial charge in [0.05, 0.1) is 6.61 Å². The number of hydrogen-bond acceptors (Lipinski definition) is 2. The van der Waals surface area contributed by atoms with Gasteiger partial charge in [-0.05, 0) is 25.2 Å². The first-order chi connectivity index (χ1) is 6.27. The van der Waals surface area contributed by atoms with E-state index in [0.29, 0.717) is 5.41 Å². The maximum absolute atomic E-state index is 5.27. The molecule has 1 fully saturated rings. The molecule has 1 rings (SSSR count). The molecule has 1 saturated carbocycles. The summed E-state index contributed by atoms with van der Waals surface area (Å²) in [5.41, 5.74) is 0.576. The fourth-order valence-electron chi connectivity index (χ4n) is 2.08. The minimum atomic E-state index is 0.576. The Bertz CT molecular complexity index is 130. The van der Waals surface area contributed by atoms with Crippen molar-refractivity contribution in [3.05, 3.63) is 0 Å². The lowest BCUT2D eigenvalue weighted by Gasteiger charge is -2.23. The van der Waals surface area contributed by atoms with Crippen LogP contribution in [0.1, 0.15) is 39.5 Å². The van der Waals surface area contributed by atoms with Crippen molar-refractivity contribution in [1.82, 2.24) is 5.32 Å². The average Bonchev–Trinajstić information content (AvgIpc) is 2.53. The molecule has 0 radical (unpaired) electrons. The molecule has 0 aromatic heterocycles. The number of nitrogens with one attached hydrogen (secondary N) is 1. The zero-order valence-electron chi connectivity index (χ0n) is 9.07. The Kier molecular flexibility index (Phi) is 4.74. The summed E-state index contributed by atoms with van der Waals surface area (Å²) in [6.07, 6.45) is 5.64. The molecule has 1 aliphatic rings. The van der Waals surface area contributed by atoms with E-state index in [1.54, 1.807) is 0 Å². The van der Waals surface area contributed by atoms with E-state index in [9.17, 15) is 0 Å². The summed E-state index contributed by atoms with van der Waals surface area (Å²) in [5, 5.41) is 3.48. The molecule has 0 heterocycles. The molecule has 0 atom stereocenters. The standard InChI is InChI=1S/C11H23NO/c1-3-13-9-8-12-10-11(2)6-4-5-7-11/h12H,3-10H2,1-2H3. The molecule has 0 unspecified atom stereocenters. The van der Waals surface area contributed by atoms with Crippen LogP contribution < -0.4 is 5.32 Å². The molecule has 13 heavy (non-hydrogen) atoms. The Morgan fingerprint density at radius 1 is 1.31 bits per heavy atom. The van der Waals surface area contributed by atoms with E-state index in [2.05, 4.69) is 12.2 Å². The molecule has 0 aliphatic heterocycles. The average molecular weight is 185 g/mol. The van der Waals surface area contributed by atoms with Crippen LogP contribution >= 0.6 is 0 Å². The van der Waals surface area contributed by atoms with Crippen LogP contribution in [-0.4, -0.2) is 26.3 Å². The van der Waals surface area contributed by atoms with Crippen molar-refractivity contribution in [3.8, 4) is 0 Å². The van der Waals surface area contributed by atoms with E-state index in [-0.39, 0.29) is 0 Å². The molecule has 0 spiro atoms. The molecule has 78 valence electrons. The van der Waals surface area contributed by atoms with E-state index in [4.69, 9.17) is 4.74 Å². The SMILES string of the molecule is CCOCCNCC1(C)CCCC1. The summed E-state index contributed by atoms with van der Waals surface area (Å²) in [6, 6.07) is 0. The van der Waals surface area contributed by atoms with Gasteiger partial charge in [0.15, 0.2) is 0 Å². The molecule has 0 aromatic carbocycles. The van der Waals surface area contributed by atoms with Crippen LogP contribution in [0.15, 0.2) is 0 Å². The summed E-state index contributed by atoms with van der Waals surface area (Å²) in [6.45, 7) is 8.29. The van der Waals surface area contributed by atoms with E-state index >= 15 is 0 Å². The normalized spacial score (nSPS) is 20.8. The molecule has 0 saturated heterocycles. The summed E-state index contributed by atoms with van der Waals surface area (Å²) < 4.78 is 5.27. The second-order valence-electron chi connectivity index (χ2n) is 4.39. The predicted molar refractivity (Wildman–Crippen MR) is 55.9 cm³/mol. The van der Waals surface area contributed by atoms with Gasteiger partial charge in [-0.15, -0.1) is 0 Å². The Balaban J connectivity index is 1.98. The molecule has 1 N–H and O–H groups in total. The van der Waals surface area contributed by atoms with Crippen molar-refractivity contribution in [1.29, 1.82) is 0 Å². The van der Waals surface area contributed by atoms with Crippen molar-refractivity contribution >= 4 is 0 Å². The summed E-state index contributed by atoms with van der Waals surface area (Å²) in [5.74, 6) is 0. The lowest BCUT2D eigenvalue weighted by Crippen LogP contribution is -2.31. The van der Waals surface area contributed by atoms with Crippen LogP contribution in [0, 0.1) is 5.41 Å². The minimum Gasteiger partial charge on any atom is -0.380 e. The third-order valence-corrected chi connectivity index (χ3v) is 2.99. The van der Waals surface area contributed by atoms with Gasteiger partial charge in [0, 0.05) is 19.7 Å². The van der Waals surface area contributed by atoms with Crippen molar-refractivity contribution in [3.63, 3.8) is 0 Å². The Hall–Kier alpha value is -0.0800. The lowest BCUT2D eigenvalue weighted by molar-refractivity contribution is 0.146. The van der Waals surface area contributed by atoms with Crippen LogP contribution in [0.25, 0.3) is 0 Å². The molecule has 2 heteroatoms. The quantitative estimate of drug-likeness (QED) is 0.640. The van der Waals surface area contributed by atoms with Crippen LogP contribution in [0.4, 0.5) is 0 Å². The number of hydrogen-bond donors (Lipinski definition) is 1. The maximum Gasteiger partial charge on any atom is 0.0590 e. The molecule has 0 amide bonds. The zero-order valence-corrected chi connectivity index (χ0v) is 9.07. The summed E-state index contributed by atoms with van der Waals surface area (Å²) in [4.78, 5) is 0. The molecular formula is C11H23NO. The highest BCUT2D eigenvalue weighted by atomic mass is 16.5. The van der Waals surface area contributed by atoms with Gasteiger partial charge < -0.3 is 10.1 Å². The van der Waals surface area contributed by atoms with Crippen molar-refractivity contribution in [2.75, 3.05) is 26.3 Å². The van der Waals surface area contributed by atoms with Gasteiger partial charge >= 0.3 is 0 Å². The first kappa shape index (κ1) is 11.0. The first-order valence-electron chi connectivity index (χ1n) is 5.55. The zero-order chi connectivity index (χ0) is 9.57. The highest BCUT2D eigenvalue weighted by Crippen LogP contribution is 2.36. The smallest absolute Gasteiger partial charge is 0.0590 e. The first-order valence-corrected chi connectivity index (χ1v) is 5.55. The van der Waals surface area contributed by atoms with Crippen molar-refractivity contribution < 1.29 is 4.74 Å². The largest absolute Gasteiger partial charge is 0.380 e. The Labute approximate surface area is 82.0 Å². The monoisotopic (exact) mass is 185 g/mol. The highest BCUT2D eigenvalue weighted by molar-refractivity contribution is 4.82. The molecule has 2 nitrogen and oxygen atoms in total. The molecule has 0 aromatic rings. The van der Waals surface area contributed by atoms with Crippen LogP contribution in [0.5, 0.6) is 0 Å². The van der Waals surface area contributed by atoms with Gasteiger partial charge in [-0.2, -0.15) is 0 Å².